The third kappa shape index (κ3) is 4.57. The number of amides is 1. The lowest BCUT2D eigenvalue weighted by Crippen LogP contribution is -2.41. The fourth-order valence-electron chi connectivity index (χ4n) is 2.83. The highest BCUT2D eigenvalue weighted by atomic mass is 32.1. The van der Waals surface area contributed by atoms with Gasteiger partial charge in [-0.1, -0.05) is 18.2 Å². The molecule has 3 rings (SSSR count). The zero-order valence-corrected chi connectivity index (χ0v) is 16.2. The molecule has 1 aromatic carbocycles. The first-order valence-corrected chi connectivity index (χ1v) is 9.74. The van der Waals surface area contributed by atoms with E-state index in [2.05, 4.69) is 15.3 Å². The highest BCUT2D eigenvalue weighted by Crippen LogP contribution is 2.26. The van der Waals surface area contributed by atoms with E-state index in [1.165, 1.54) is 6.07 Å². The van der Waals surface area contributed by atoms with Gasteiger partial charge in [0.05, 0.1) is 16.1 Å². The molecule has 0 fully saturated rings. The van der Waals surface area contributed by atoms with Crippen LogP contribution in [0.25, 0.3) is 11.3 Å². The number of carbonyl (C=O) groups is 1. The number of benzene rings is 1. The van der Waals surface area contributed by atoms with Crippen molar-refractivity contribution in [2.24, 2.45) is 0 Å². The fraction of sp³-hybridized carbons (Fsp3) is 0.286. The number of nitrogens with zero attached hydrogens (tertiary/aromatic N) is 2. The van der Waals surface area contributed by atoms with E-state index < -0.39 is 5.41 Å². The third-order valence-corrected chi connectivity index (χ3v) is 5.40. The molecule has 3 aromatic rings. The van der Waals surface area contributed by atoms with Gasteiger partial charge >= 0.3 is 0 Å². The number of carbonyl (C=O) groups excluding carboxylic acids is 1. The van der Waals surface area contributed by atoms with Crippen molar-refractivity contribution in [1.82, 2.24) is 15.3 Å². The van der Waals surface area contributed by atoms with E-state index in [0.717, 1.165) is 29.1 Å². The molecule has 1 N–H and O–H groups in total. The van der Waals surface area contributed by atoms with Crippen molar-refractivity contribution in [3.63, 3.8) is 0 Å². The average molecular weight is 383 g/mol. The Morgan fingerprint density at radius 2 is 1.93 bits per heavy atom. The summed E-state index contributed by atoms with van der Waals surface area (Å²) in [7, 11) is 0. The van der Waals surface area contributed by atoms with Crippen LogP contribution in [-0.4, -0.2) is 22.4 Å². The maximum absolute atomic E-state index is 14.0. The first-order valence-electron chi connectivity index (χ1n) is 8.86. The van der Waals surface area contributed by atoms with Crippen LogP contribution in [0, 0.1) is 5.82 Å². The van der Waals surface area contributed by atoms with Gasteiger partial charge in [0.1, 0.15) is 5.82 Å². The summed E-state index contributed by atoms with van der Waals surface area (Å²) < 4.78 is 14.0. The predicted octanol–water partition coefficient (Wildman–Crippen LogP) is 4.37. The van der Waals surface area contributed by atoms with Crippen LogP contribution in [0.15, 0.2) is 54.2 Å². The molecule has 6 heteroatoms. The van der Waals surface area contributed by atoms with Gasteiger partial charge in [0, 0.05) is 41.9 Å². The van der Waals surface area contributed by atoms with E-state index in [1.807, 2.05) is 17.5 Å². The quantitative estimate of drug-likeness (QED) is 0.617. The number of halogens is 1. The maximum Gasteiger partial charge on any atom is 0.230 e. The molecule has 0 radical (unpaired) electrons. The summed E-state index contributed by atoms with van der Waals surface area (Å²) in [4.78, 5) is 21.2. The molecule has 1 amide bonds. The van der Waals surface area contributed by atoms with Gasteiger partial charge < -0.3 is 5.32 Å². The van der Waals surface area contributed by atoms with E-state index in [9.17, 15) is 9.18 Å². The van der Waals surface area contributed by atoms with Gasteiger partial charge in [-0.05, 0) is 38.5 Å². The molecule has 27 heavy (non-hydrogen) atoms. The minimum absolute atomic E-state index is 0.177. The van der Waals surface area contributed by atoms with Crippen LogP contribution in [0.5, 0.6) is 0 Å². The second kappa shape index (κ2) is 8.39. The minimum atomic E-state index is -0.916. The number of hydrogen-bond donors (Lipinski definition) is 1. The van der Waals surface area contributed by atoms with Crippen molar-refractivity contribution >= 4 is 17.2 Å². The molecule has 0 atom stereocenters. The summed E-state index contributed by atoms with van der Waals surface area (Å²) >= 11 is 1.61. The van der Waals surface area contributed by atoms with Crippen molar-refractivity contribution in [3.8, 4) is 11.3 Å². The topological polar surface area (TPSA) is 54.9 Å². The Balaban J connectivity index is 1.51. The van der Waals surface area contributed by atoms with Crippen molar-refractivity contribution in [2.75, 3.05) is 6.54 Å². The van der Waals surface area contributed by atoms with Crippen LogP contribution >= 0.6 is 11.3 Å². The van der Waals surface area contributed by atoms with E-state index in [-0.39, 0.29) is 11.7 Å². The van der Waals surface area contributed by atoms with Crippen LogP contribution < -0.4 is 5.32 Å². The van der Waals surface area contributed by atoms with Crippen LogP contribution in [-0.2, 0) is 16.6 Å². The molecule has 4 nitrogen and oxygen atoms in total. The monoisotopic (exact) mass is 383 g/mol. The number of pyridine rings is 1. The van der Waals surface area contributed by atoms with Gasteiger partial charge in [-0.2, -0.15) is 0 Å². The summed E-state index contributed by atoms with van der Waals surface area (Å²) in [5.41, 5.74) is 1.49. The Labute approximate surface area is 162 Å². The lowest BCUT2D eigenvalue weighted by Gasteiger charge is -2.24. The van der Waals surface area contributed by atoms with Gasteiger partial charge in [-0.3, -0.25) is 9.78 Å². The summed E-state index contributed by atoms with van der Waals surface area (Å²) in [5, 5.41) is 5.98. The summed E-state index contributed by atoms with van der Waals surface area (Å²) in [5.74, 6) is -0.534. The molecule has 0 spiro atoms. The smallest absolute Gasteiger partial charge is 0.230 e. The molecule has 0 saturated carbocycles. The predicted molar refractivity (Wildman–Crippen MR) is 106 cm³/mol. The van der Waals surface area contributed by atoms with Crippen molar-refractivity contribution < 1.29 is 9.18 Å². The molecule has 0 unspecified atom stereocenters. The molecule has 0 saturated heterocycles. The Kier molecular flexibility index (Phi) is 5.96. The highest BCUT2D eigenvalue weighted by Gasteiger charge is 2.31. The Morgan fingerprint density at radius 3 is 2.67 bits per heavy atom. The lowest BCUT2D eigenvalue weighted by molar-refractivity contribution is -0.125. The van der Waals surface area contributed by atoms with E-state index in [4.69, 9.17) is 0 Å². The first kappa shape index (κ1) is 19.2. The zero-order chi connectivity index (χ0) is 19.3. The number of aryl methyl sites for hydroxylation is 1. The Morgan fingerprint density at radius 1 is 1.19 bits per heavy atom. The van der Waals surface area contributed by atoms with Gasteiger partial charge in [0.15, 0.2) is 0 Å². The van der Waals surface area contributed by atoms with Gasteiger partial charge in [0.2, 0.25) is 5.91 Å². The normalized spacial score (nSPS) is 11.4. The summed E-state index contributed by atoms with van der Waals surface area (Å²) in [6.45, 7) is 4.01. The van der Waals surface area contributed by atoms with E-state index >= 15 is 0 Å². The molecule has 2 aromatic heterocycles. The van der Waals surface area contributed by atoms with Gasteiger partial charge in [-0.25, -0.2) is 9.37 Å². The number of hydrogen-bond acceptors (Lipinski definition) is 4. The Bertz CT molecular complexity index is 909. The molecule has 140 valence electrons. The van der Waals surface area contributed by atoms with Crippen LogP contribution in [0.4, 0.5) is 4.39 Å². The maximum atomic E-state index is 14.0. The second-order valence-corrected chi connectivity index (χ2v) is 7.77. The first-order chi connectivity index (χ1) is 13.0. The number of aromatic nitrogens is 2. The van der Waals surface area contributed by atoms with Crippen molar-refractivity contribution in [3.05, 3.63) is 70.6 Å². The summed E-state index contributed by atoms with van der Waals surface area (Å²) in [6, 6.07) is 10.3. The average Bonchev–Trinajstić information content (AvgIpc) is 3.15. The largest absolute Gasteiger partial charge is 0.355 e. The fourth-order valence-corrected chi connectivity index (χ4v) is 3.68. The van der Waals surface area contributed by atoms with Gasteiger partial charge in [-0.15, -0.1) is 11.3 Å². The van der Waals surface area contributed by atoms with Crippen LogP contribution in [0.2, 0.25) is 0 Å². The summed E-state index contributed by atoms with van der Waals surface area (Å²) in [6.07, 6.45) is 5.07. The number of rotatable bonds is 7. The van der Waals surface area contributed by atoms with Crippen LogP contribution in [0.1, 0.15) is 30.8 Å². The van der Waals surface area contributed by atoms with E-state index in [0.29, 0.717) is 12.1 Å². The molecular formula is C21H22FN3OS. The molecular weight excluding hydrogens is 361 g/mol. The van der Waals surface area contributed by atoms with Crippen molar-refractivity contribution in [2.45, 2.75) is 32.1 Å². The number of thiazole rings is 1. The molecule has 0 aliphatic heterocycles. The highest BCUT2D eigenvalue weighted by molar-refractivity contribution is 7.09. The zero-order valence-electron chi connectivity index (χ0n) is 15.4. The Hall–Kier alpha value is -2.60. The van der Waals surface area contributed by atoms with Gasteiger partial charge in [0.25, 0.3) is 0 Å². The third-order valence-electron chi connectivity index (χ3n) is 4.50. The number of nitrogens with one attached hydrogen (secondary N) is 1. The SMILES string of the molecule is CC(C)(C(=O)NCCCc1nc(-c2ccncc2)cs1)c1ccccc1F. The molecule has 2 heterocycles. The second-order valence-electron chi connectivity index (χ2n) is 6.83. The molecule has 0 aliphatic rings. The van der Waals surface area contributed by atoms with E-state index in [1.54, 1.807) is 55.8 Å². The molecule has 0 bridgehead atoms. The van der Waals surface area contributed by atoms with Crippen LogP contribution in [0.3, 0.4) is 0 Å². The van der Waals surface area contributed by atoms with Crippen molar-refractivity contribution in [1.29, 1.82) is 0 Å². The minimum Gasteiger partial charge on any atom is -0.355 e. The lowest BCUT2D eigenvalue weighted by atomic mass is 9.83. The standard InChI is InChI=1S/C21H22FN3OS/c1-21(2,16-6-3-4-7-17(16)22)20(26)24-11-5-8-19-25-18(14-27-19)15-9-12-23-13-10-15/h3-4,6-7,9-10,12-14H,5,8,11H2,1-2H3,(H,24,26). The molecule has 0 aliphatic carbocycles.